The number of rotatable bonds is 5. The fraction of sp³-hybridized carbons (Fsp3) is 0.385. The first kappa shape index (κ1) is 15.4. The quantitative estimate of drug-likeness (QED) is 0.628. The third kappa shape index (κ3) is 2.26. The van der Waals surface area contributed by atoms with Crippen LogP contribution in [0.4, 0.5) is 4.79 Å². The van der Waals surface area contributed by atoms with Gasteiger partial charge >= 0.3 is 18.0 Å². The van der Waals surface area contributed by atoms with Gasteiger partial charge in [-0.15, -0.1) is 17.9 Å². The Bertz CT molecular complexity index is 702. The van der Waals surface area contributed by atoms with Gasteiger partial charge in [0.05, 0.1) is 30.8 Å². The first-order valence-corrected chi connectivity index (χ1v) is 7.46. The van der Waals surface area contributed by atoms with Crippen molar-refractivity contribution in [3.05, 3.63) is 28.2 Å². The highest BCUT2D eigenvalue weighted by Gasteiger charge is 2.53. The minimum absolute atomic E-state index is 0.110. The summed E-state index contributed by atoms with van der Waals surface area (Å²) in [4.78, 5) is 46.9. The van der Waals surface area contributed by atoms with E-state index in [9.17, 15) is 14.4 Å². The van der Waals surface area contributed by atoms with Crippen LogP contribution in [0.3, 0.4) is 0 Å². The molecule has 10 heteroatoms. The van der Waals surface area contributed by atoms with E-state index in [2.05, 4.69) is 11.6 Å². The minimum Gasteiger partial charge on any atom is -0.476 e. The molecule has 0 aliphatic carbocycles. The molecule has 1 fully saturated rings. The summed E-state index contributed by atoms with van der Waals surface area (Å²) >= 11 is 0.929. The Morgan fingerprint density at radius 2 is 2.30 bits per heavy atom. The second-order valence-electron chi connectivity index (χ2n) is 4.86. The largest absolute Gasteiger partial charge is 0.476 e. The van der Waals surface area contributed by atoms with Crippen molar-refractivity contribution in [3.63, 3.8) is 0 Å². The Kier molecular flexibility index (Phi) is 3.78. The molecule has 3 heterocycles. The van der Waals surface area contributed by atoms with Gasteiger partial charge in [-0.25, -0.2) is 19.4 Å². The molecule has 1 N–H and O–H groups in total. The van der Waals surface area contributed by atoms with E-state index in [-0.39, 0.29) is 23.9 Å². The highest BCUT2D eigenvalue weighted by atomic mass is 32.1. The van der Waals surface area contributed by atoms with Gasteiger partial charge in [-0.1, -0.05) is 6.08 Å². The lowest BCUT2D eigenvalue weighted by Gasteiger charge is -2.27. The average Bonchev–Trinajstić information content (AvgIpc) is 3.08. The van der Waals surface area contributed by atoms with Crippen molar-refractivity contribution in [3.8, 4) is 0 Å². The van der Waals surface area contributed by atoms with E-state index in [1.54, 1.807) is 0 Å². The Morgan fingerprint density at radius 3 is 2.91 bits per heavy atom. The molecular formula is C13H13N3O6S. The van der Waals surface area contributed by atoms with Gasteiger partial charge in [0.2, 0.25) is 5.01 Å². The SMILES string of the molecule is C=CCON1C(=O)N2CC1c1sc(C(=O)O)nc1C2C(=O)OC. The van der Waals surface area contributed by atoms with Crippen molar-refractivity contribution in [2.45, 2.75) is 12.1 Å². The van der Waals surface area contributed by atoms with Crippen LogP contribution in [0.1, 0.15) is 32.5 Å². The molecular weight excluding hydrogens is 326 g/mol. The van der Waals surface area contributed by atoms with Crippen molar-refractivity contribution in [1.29, 1.82) is 0 Å². The average molecular weight is 339 g/mol. The zero-order valence-corrected chi connectivity index (χ0v) is 12.9. The Morgan fingerprint density at radius 1 is 1.57 bits per heavy atom. The third-order valence-corrected chi connectivity index (χ3v) is 4.74. The van der Waals surface area contributed by atoms with Crippen LogP contribution in [0.25, 0.3) is 0 Å². The molecule has 1 aromatic rings. The van der Waals surface area contributed by atoms with E-state index in [0.717, 1.165) is 16.4 Å². The number of hydrogen-bond donors (Lipinski definition) is 1. The van der Waals surface area contributed by atoms with E-state index in [4.69, 9.17) is 14.7 Å². The molecule has 2 aliphatic heterocycles. The standard InChI is InChI=1S/C13H13N3O6S/c1-3-4-22-16-6-5-15(13(16)20)8(12(19)21-2)7-9(6)23-10(14-7)11(17)18/h3,6,8H,1,4-5H2,2H3,(H,17,18). The number of aromatic nitrogens is 1. The number of hydroxylamine groups is 2. The number of carboxylic acids is 1. The summed E-state index contributed by atoms with van der Waals surface area (Å²) in [5.41, 5.74) is 0.230. The second kappa shape index (κ2) is 5.63. The molecule has 9 nitrogen and oxygen atoms in total. The Hall–Kier alpha value is -2.46. The van der Waals surface area contributed by atoms with Gasteiger partial charge in [0.15, 0.2) is 6.04 Å². The van der Waals surface area contributed by atoms with E-state index >= 15 is 0 Å². The lowest BCUT2D eigenvalue weighted by atomic mass is 10.0. The number of methoxy groups -OCH3 is 1. The number of fused-ring (bicyclic) bond motifs is 4. The van der Waals surface area contributed by atoms with Crippen LogP contribution in [-0.2, 0) is 14.4 Å². The fourth-order valence-electron chi connectivity index (χ4n) is 2.65. The smallest absolute Gasteiger partial charge is 0.365 e. The number of urea groups is 1. The summed E-state index contributed by atoms with van der Waals surface area (Å²) in [5, 5.41) is 10.1. The maximum absolute atomic E-state index is 12.5. The summed E-state index contributed by atoms with van der Waals surface area (Å²) in [5.74, 6) is -1.87. The minimum atomic E-state index is -1.19. The molecule has 2 amide bonds. The predicted octanol–water partition coefficient (Wildman–Crippen LogP) is 0.965. The van der Waals surface area contributed by atoms with Crippen LogP contribution in [0, 0.1) is 0 Å². The lowest BCUT2D eigenvalue weighted by Crippen LogP contribution is -2.39. The van der Waals surface area contributed by atoms with Crippen molar-refractivity contribution >= 4 is 29.3 Å². The second-order valence-corrected chi connectivity index (χ2v) is 5.89. The molecule has 0 saturated carbocycles. The number of carbonyl (C=O) groups excluding carboxylic acids is 2. The van der Waals surface area contributed by atoms with Crippen LogP contribution >= 0.6 is 11.3 Å². The van der Waals surface area contributed by atoms with Crippen LogP contribution < -0.4 is 0 Å². The Balaban J connectivity index is 2.08. The van der Waals surface area contributed by atoms with Gasteiger partial charge in [-0.2, -0.15) is 5.06 Å². The monoisotopic (exact) mass is 339 g/mol. The number of aromatic carboxylic acids is 1. The van der Waals surface area contributed by atoms with Gasteiger partial charge in [0.1, 0.15) is 6.04 Å². The molecule has 122 valence electrons. The molecule has 3 rings (SSSR count). The lowest BCUT2D eigenvalue weighted by molar-refractivity contribution is -0.146. The first-order chi connectivity index (χ1) is 11.0. The van der Waals surface area contributed by atoms with Gasteiger partial charge in [-0.05, 0) is 0 Å². The van der Waals surface area contributed by atoms with E-state index in [1.807, 2.05) is 0 Å². The third-order valence-electron chi connectivity index (χ3n) is 3.58. The summed E-state index contributed by atoms with van der Waals surface area (Å²) < 4.78 is 4.74. The van der Waals surface area contributed by atoms with Gasteiger partial charge in [-0.3, -0.25) is 4.84 Å². The van der Waals surface area contributed by atoms with E-state index in [0.29, 0.717) is 4.88 Å². The number of esters is 1. The molecule has 2 aliphatic rings. The Labute approximate surface area is 134 Å². The number of hydrogen-bond acceptors (Lipinski definition) is 7. The highest BCUT2D eigenvalue weighted by Crippen LogP contribution is 2.46. The summed E-state index contributed by atoms with van der Waals surface area (Å²) in [6.45, 7) is 3.83. The molecule has 23 heavy (non-hydrogen) atoms. The zero-order valence-electron chi connectivity index (χ0n) is 12.1. The topological polar surface area (TPSA) is 109 Å². The molecule has 0 aromatic carbocycles. The highest BCUT2D eigenvalue weighted by molar-refractivity contribution is 7.13. The first-order valence-electron chi connectivity index (χ1n) is 6.65. The molecule has 0 radical (unpaired) electrons. The molecule has 1 saturated heterocycles. The van der Waals surface area contributed by atoms with Crippen molar-refractivity contribution in [2.24, 2.45) is 0 Å². The van der Waals surface area contributed by atoms with Crippen LogP contribution in [0.5, 0.6) is 0 Å². The maximum atomic E-state index is 12.5. The van der Waals surface area contributed by atoms with Gasteiger partial charge in [0, 0.05) is 0 Å². The number of amides is 2. The number of thiazole rings is 1. The van der Waals surface area contributed by atoms with Crippen LogP contribution in [-0.4, -0.2) is 58.3 Å². The number of nitrogens with zero attached hydrogens (tertiary/aromatic N) is 3. The van der Waals surface area contributed by atoms with Crippen LogP contribution in [0.15, 0.2) is 12.7 Å². The predicted molar refractivity (Wildman–Crippen MR) is 76.7 cm³/mol. The molecule has 2 atom stereocenters. The molecule has 2 bridgehead atoms. The number of carbonyl (C=O) groups is 3. The van der Waals surface area contributed by atoms with Gasteiger partial charge < -0.3 is 14.7 Å². The zero-order chi connectivity index (χ0) is 16.7. The molecule has 1 aromatic heterocycles. The van der Waals surface area contributed by atoms with Crippen LogP contribution in [0.2, 0.25) is 0 Å². The number of carboxylic acid groups (broad SMARTS) is 1. The van der Waals surface area contributed by atoms with Crippen molar-refractivity contribution < 1.29 is 29.1 Å². The summed E-state index contributed by atoms with van der Waals surface area (Å²) in [6, 6.07) is -2.07. The summed E-state index contributed by atoms with van der Waals surface area (Å²) in [6.07, 6.45) is 1.49. The van der Waals surface area contributed by atoms with Gasteiger partial charge in [0.25, 0.3) is 0 Å². The fourth-order valence-corrected chi connectivity index (χ4v) is 3.66. The van der Waals surface area contributed by atoms with Crippen molar-refractivity contribution in [2.75, 3.05) is 20.3 Å². The van der Waals surface area contributed by atoms with Crippen molar-refractivity contribution in [1.82, 2.24) is 14.9 Å². The molecule has 2 unspecified atom stereocenters. The number of ether oxygens (including phenoxy) is 1. The van der Waals surface area contributed by atoms with E-state index < -0.39 is 30.1 Å². The summed E-state index contributed by atoms with van der Waals surface area (Å²) in [7, 11) is 1.20. The maximum Gasteiger partial charge on any atom is 0.365 e. The normalized spacial score (nSPS) is 22.0. The van der Waals surface area contributed by atoms with E-state index in [1.165, 1.54) is 18.1 Å². The molecule has 0 spiro atoms.